The van der Waals surface area contributed by atoms with Crippen LogP contribution in [0.2, 0.25) is 0 Å². The first-order valence-electron chi connectivity index (χ1n) is 4.88. The molecule has 2 nitrogen and oxygen atoms in total. The molecule has 0 unspecified atom stereocenters. The van der Waals surface area contributed by atoms with Gasteiger partial charge < -0.3 is 5.32 Å². The minimum Gasteiger partial charge on any atom is -0.335 e. The van der Waals surface area contributed by atoms with Gasteiger partial charge in [-0.15, -0.1) is 0 Å². The summed E-state index contributed by atoms with van der Waals surface area (Å²) in [5, 5.41) is 4.44. The highest BCUT2D eigenvalue weighted by atomic mass is 79.9. The Morgan fingerprint density at radius 1 is 1.33 bits per heavy atom. The number of anilines is 1. The summed E-state index contributed by atoms with van der Waals surface area (Å²) in [5.41, 5.74) is 3.68. The van der Waals surface area contributed by atoms with Crippen LogP contribution in [0.25, 0.3) is 0 Å². The number of aryl methyl sites for hydroxylation is 2. The Kier molecular flexibility index (Phi) is 3.36. The molecule has 0 radical (unpaired) electrons. The summed E-state index contributed by atoms with van der Waals surface area (Å²) in [6.45, 7) is 5.15. The number of nitrogens with one attached hydrogen (secondary N) is 1. The Morgan fingerprint density at radius 2 is 2.00 bits per heavy atom. The fourth-order valence-corrected chi connectivity index (χ4v) is 3.05. The molecule has 1 aromatic rings. The lowest BCUT2D eigenvalue weighted by Gasteiger charge is -2.12. The van der Waals surface area contributed by atoms with Crippen LogP contribution >= 0.6 is 27.7 Å². The smallest absolute Gasteiger partial charge is 0.161 e. The van der Waals surface area contributed by atoms with Crippen molar-refractivity contribution in [2.75, 3.05) is 17.6 Å². The van der Waals surface area contributed by atoms with Crippen molar-refractivity contribution in [3.63, 3.8) is 0 Å². The third-order valence-corrected chi connectivity index (χ3v) is 3.66. The average Bonchev–Trinajstić information content (AvgIpc) is 2.63. The Bertz CT molecular complexity index is 392. The number of rotatable bonds is 1. The number of nitrogens with zero attached hydrogens (tertiary/aromatic N) is 1. The summed E-state index contributed by atoms with van der Waals surface area (Å²) < 4.78 is 1.13. The van der Waals surface area contributed by atoms with Crippen molar-refractivity contribution in [3.8, 4) is 0 Å². The van der Waals surface area contributed by atoms with Gasteiger partial charge in [-0.1, -0.05) is 27.7 Å². The zero-order valence-corrected chi connectivity index (χ0v) is 11.2. The molecule has 0 saturated heterocycles. The van der Waals surface area contributed by atoms with Gasteiger partial charge in [-0.2, -0.15) is 0 Å². The normalized spacial score (nSPS) is 15.3. The number of halogens is 1. The summed E-state index contributed by atoms with van der Waals surface area (Å²) in [7, 11) is 0. The first-order valence-corrected chi connectivity index (χ1v) is 6.65. The number of hydrogen-bond acceptors (Lipinski definition) is 3. The first-order chi connectivity index (χ1) is 7.16. The summed E-state index contributed by atoms with van der Waals surface area (Å²) >= 11 is 5.28. The Hall–Kier alpha value is -0.480. The molecule has 0 atom stereocenters. The molecular formula is C11H13BrN2S. The van der Waals surface area contributed by atoms with Crippen LogP contribution in [0.5, 0.6) is 0 Å². The van der Waals surface area contributed by atoms with E-state index in [2.05, 4.69) is 52.2 Å². The zero-order chi connectivity index (χ0) is 10.8. The molecular weight excluding hydrogens is 272 g/mol. The van der Waals surface area contributed by atoms with Gasteiger partial charge in [-0.3, -0.25) is 4.99 Å². The molecule has 1 aliphatic rings. The summed E-state index contributed by atoms with van der Waals surface area (Å²) in [5.74, 6) is 1.09. The van der Waals surface area contributed by atoms with Gasteiger partial charge in [0.05, 0.1) is 6.54 Å². The summed E-state index contributed by atoms with van der Waals surface area (Å²) in [6, 6.07) is 4.24. The van der Waals surface area contributed by atoms with Crippen LogP contribution in [0.15, 0.2) is 21.6 Å². The summed E-state index contributed by atoms with van der Waals surface area (Å²) in [4.78, 5) is 4.39. The molecule has 0 saturated carbocycles. The number of benzene rings is 1. The van der Waals surface area contributed by atoms with Gasteiger partial charge in [0.15, 0.2) is 5.17 Å². The Morgan fingerprint density at radius 3 is 2.53 bits per heavy atom. The molecule has 0 aromatic heterocycles. The van der Waals surface area contributed by atoms with Crippen LogP contribution in [0.1, 0.15) is 11.1 Å². The molecule has 0 bridgehead atoms. The van der Waals surface area contributed by atoms with Crippen LogP contribution in [-0.4, -0.2) is 17.5 Å². The molecule has 1 heterocycles. The van der Waals surface area contributed by atoms with Crippen LogP contribution in [0.3, 0.4) is 0 Å². The van der Waals surface area contributed by atoms with E-state index >= 15 is 0 Å². The van der Waals surface area contributed by atoms with Crippen LogP contribution < -0.4 is 5.32 Å². The highest BCUT2D eigenvalue weighted by molar-refractivity contribution is 9.10. The minimum atomic E-state index is 0.932. The predicted molar refractivity (Wildman–Crippen MR) is 72.0 cm³/mol. The van der Waals surface area contributed by atoms with Crippen LogP contribution in [-0.2, 0) is 0 Å². The van der Waals surface area contributed by atoms with Crippen LogP contribution in [0.4, 0.5) is 5.69 Å². The number of thioether (sulfide) groups is 1. The van der Waals surface area contributed by atoms with Gasteiger partial charge in [-0.05, 0) is 37.1 Å². The van der Waals surface area contributed by atoms with Crippen molar-refractivity contribution in [3.05, 3.63) is 27.7 Å². The molecule has 80 valence electrons. The Labute approximate surface area is 103 Å². The molecule has 0 amide bonds. The molecule has 4 heteroatoms. The summed E-state index contributed by atoms with van der Waals surface area (Å²) in [6.07, 6.45) is 0. The lowest BCUT2D eigenvalue weighted by Crippen LogP contribution is -2.07. The van der Waals surface area contributed by atoms with Crippen LogP contribution in [0, 0.1) is 13.8 Å². The van der Waals surface area contributed by atoms with Crippen molar-refractivity contribution >= 4 is 38.5 Å². The monoisotopic (exact) mass is 284 g/mol. The molecule has 0 aliphatic carbocycles. The first kappa shape index (κ1) is 11.0. The van der Waals surface area contributed by atoms with Crippen molar-refractivity contribution in [1.29, 1.82) is 0 Å². The van der Waals surface area contributed by atoms with Crippen molar-refractivity contribution in [1.82, 2.24) is 0 Å². The fourth-order valence-electron chi connectivity index (χ4n) is 1.63. The van der Waals surface area contributed by atoms with E-state index in [0.29, 0.717) is 0 Å². The number of hydrogen-bond donors (Lipinski definition) is 1. The van der Waals surface area contributed by atoms with Gasteiger partial charge in [0.25, 0.3) is 0 Å². The third-order valence-electron chi connectivity index (χ3n) is 2.31. The molecule has 0 fully saturated rings. The van der Waals surface area contributed by atoms with E-state index in [4.69, 9.17) is 0 Å². The lowest BCUT2D eigenvalue weighted by atomic mass is 10.1. The number of amidine groups is 1. The van der Waals surface area contributed by atoms with Gasteiger partial charge in [0, 0.05) is 15.9 Å². The zero-order valence-electron chi connectivity index (χ0n) is 8.80. The topological polar surface area (TPSA) is 24.4 Å². The third kappa shape index (κ3) is 2.55. The van der Waals surface area contributed by atoms with E-state index < -0.39 is 0 Å². The molecule has 1 aliphatic heterocycles. The maximum atomic E-state index is 4.39. The SMILES string of the molecule is Cc1cc(Br)cc(C)c1NC1=NCCS1. The van der Waals surface area contributed by atoms with Gasteiger partial charge >= 0.3 is 0 Å². The second-order valence-corrected chi connectivity index (χ2v) is 5.57. The van der Waals surface area contributed by atoms with Crippen molar-refractivity contribution in [2.45, 2.75) is 13.8 Å². The molecule has 2 rings (SSSR count). The minimum absolute atomic E-state index is 0.932. The highest BCUT2D eigenvalue weighted by Gasteiger charge is 2.10. The van der Waals surface area contributed by atoms with Crippen molar-refractivity contribution < 1.29 is 0 Å². The molecule has 1 aromatic carbocycles. The lowest BCUT2D eigenvalue weighted by molar-refractivity contribution is 1.17. The van der Waals surface area contributed by atoms with Gasteiger partial charge in [-0.25, -0.2) is 0 Å². The van der Waals surface area contributed by atoms with Gasteiger partial charge in [0.2, 0.25) is 0 Å². The molecule has 0 spiro atoms. The van der Waals surface area contributed by atoms with E-state index in [1.54, 1.807) is 11.8 Å². The van der Waals surface area contributed by atoms with Crippen molar-refractivity contribution in [2.24, 2.45) is 4.99 Å². The van der Waals surface area contributed by atoms with E-state index in [-0.39, 0.29) is 0 Å². The quantitative estimate of drug-likeness (QED) is 0.853. The Balaban J connectivity index is 2.27. The second-order valence-electron chi connectivity index (χ2n) is 3.57. The van der Waals surface area contributed by atoms with Gasteiger partial charge in [0.1, 0.15) is 0 Å². The number of aliphatic imine (C=N–C) groups is 1. The maximum Gasteiger partial charge on any atom is 0.161 e. The largest absolute Gasteiger partial charge is 0.335 e. The maximum absolute atomic E-state index is 4.39. The standard InChI is InChI=1S/C11H13BrN2S/c1-7-5-9(12)6-8(2)10(7)14-11-13-3-4-15-11/h5-6H,3-4H2,1-2H3,(H,13,14). The average molecular weight is 285 g/mol. The van der Waals surface area contributed by atoms with E-state index in [1.807, 2.05) is 0 Å². The molecule has 1 N–H and O–H groups in total. The highest BCUT2D eigenvalue weighted by Crippen LogP contribution is 2.26. The second kappa shape index (κ2) is 4.58. The fraction of sp³-hybridized carbons (Fsp3) is 0.364. The predicted octanol–water partition coefficient (Wildman–Crippen LogP) is 3.58. The van der Waals surface area contributed by atoms with E-state index in [9.17, 15) is 0 Å². The van der Waals surface area contributed by atoms with E-state index in [0.717, 1.165) is 21.9 Å². The van der Waals surface area contributed by atoms with E-state index in [1.165, 1.54) is 16.8 Å². The molecule has 15 heavy (non-hydrogen) atoms.